The maximum Gasteiger partial charge on any atom is 0.253 e. The van der Waals surface area contributed by atoms with Gasteiger partial charge in [0, 0.05) is 19.2 Å². The fourth-order valence-corrected chi connectivity index (χ4v) is 0.988. The minimum Gasteiger partial charge on any atom is -0.372 e. The average molecular weight is 233 g/mol. The number of nitrogens with one attached hydrogen (secondary N) is 1. The molecule has 1 N–H and O–H groups in total. The van der Waals surface area contributed by atoms with Gasteiger partial charge in [0.2, 0.25) is 0 Å². The predicted octanol–water partition coefficient (Wildman–Crippen LogP) is 2.08. The van der Waals surface area contributed by atoms with Gasteiger partial charge in [-0.25, -0.2) is 13.2 Å². The maximum atomic E-state index is 13.1. The summed E-state index contributed by atoms with van der Waals surface area (Å²) in [5.74, 6) is -4.33. The Hall–Kier alpha value is -1.56. The second-order valence-corrected chi connectivity index (χ2v) is 3.12. The molecule has 0 heterocycles. The number of carbonyl (C=O) groups is 1. The number of methoxy groups -OCH3 is 1. The highest BCUT2D eigenvalue weighted by atomic mass is 19.2. The first-order valence-electron chi connectivity index (χ1n) is 4.44. The molecule has 6 heteroatoms. The quantitative estimate of drug-likeness (QED) is 0.812. The van der Waals surface area contributed by atoms with Gasteiger partial charge in [-0.15, -0.1) is 0 Å². The number of hydrogen-bond acceptors (Lipinski definition) is 2. The summed E-state index contributed by atoms with van der Waals surface area (Å²) in [6.07, 6.45) is -0.842. The van der Waals surface area contributed by atoms with Gasteiger partial charge in [-0.2, -0.15) is 0 Å². The molecule has 0 aliphatic carbocycles. The average Bonchev–Trinajstić information content (AvgIpc) is 2.23. The molecule has 1 aromatic rings. The highest BCUT2D eigenvalue weighted by Gasteiger charge is 2.16. The molecule has 0 radical (unpaired) electrons. The first-order chi connectivity index (χ1) is 7.45. The molecule has 1 atom stereocenters. The Morgan fingerprint density at radius 3 is 2.56 bits per heavy atom. The standard InChI is InChI=1S/C10H10F3NO2/c1-5(16-2)10(15)14-8-4-6(11)3-7(12)9(8)13/h3-5H,1-2H3,(H,14,15). The maximum absolute atomic E-state index is 13.1. The van der Waals surface area contributed by atoms with Crippen LogP contribution in [0.4, 0.5) is 18.9 Å². The van der Waals surface area contributed by atoms with Crippen LogP contribution >= 0.6 is 0 Å². The van der Waals surface area contributed by atoms with E-state index in [1.165, 1.54) is 14.0 Å². The van der Waals surface area contributed by atoms with Crippen molar-refractivity contribution >= 4 is 11.6 Å². The van der Waals surface area contributed by atoms with Gasteiger partial charge in [-0.1, -0.05) is 0 Å². The molecule has 1 unspecified atom stereocenters. The van der Waals surface area contributed by atoms with Gasteiger partial charge in [0.15, 0.2) is 11.6 Å². The second-order valence-electron chi connectivity index (χ2n) is 3.12. The van der Waals surface area contributed by atoms with Crippen LogP contribution in [0.3, 0.4) is 0 Å². The summed E-state index contributed by atoms with van der Waals surface area (Å²) >= 11 is 0. The molecule has 0 aromatic heterocycles. The van der Waals surface area contributed by atoms with Crippen molar-refractivity contribution in [3.63, 3.8) is 0 Å². The predicted molar refractivity (Wildman–Crippen MR) is 51.4 cm³/mol. The minimum absolute atomic E-state index is 0.394. The molecule has 0 saturated heterocycles. The van der Waals surface area contributed by atoms with Crippen LogP contribution in [0.25, 0.3) is 0 Å². The molecular weight excluding hydrogens is 223 g/mol. The van der Waals surface area contributed by atoms with E-state index in [9.17, 15) is 18.0 Å². The van der Waals surface area contributed by atoms with E-state index in [-0.39, 0.29) is 0 Å². The number of anilines is 1. The van der Waals surface area contributed by atoms with Crippen LogP contribution in [0.2, 0.25) is 0 Å². The zero-order valence-corrected chi connectivity index (χ0v) is 8.68. The molecule has 1 rings (SSSR count). The van der Waals surface area contributed by atoms with Crippen molar-refractivity contribution in [2.45, 2.75) is 13.0 Å². The fraction of sp³-hybridized carbons (Fsp3) is 0.300. The summed E-state index contributed by atoms with van der Waals surface area (Å²) in [5.41, 5.74) is -0.550. The van der Waals surface area contributed by atoms with Crippen LogP contribution in [-0.4, -0.2) is 19.1 Å². The second kappa shape index (κ2) is 4.98. The Morgan fingerprint density at radius 1 is 1.38 bits per heavy atom. The molecule has 88 valence electrons. The van der Waals surface area contributed by atoms with E-state index >= 15 is 0 Å². The van der Waals surface area contributed by atoms with E-state index in [1.807, 2.05) is 5.32 Å². The van der Waals surface area contributed by atoms with Gasteiger partial charge in [0.1, 0.15) is 11.9 Å². The van der Waals surface area contributed by atoms with Crippen molar-refractivity contribution < 1.29 is 22.7 Å². The molecule has 3 nitrogen and oxygen atoms in total. The van der Waals surface area contributed by atoms with Crippen LogP contribution in [0.15, 0.2) is 12.1 Å². The van der Waals surface area contributed by atoms with Gasteiger partial charge in [-0.05, 0) is 6.92 Å². The van der Waals surface area contributed by atoms with Crippen molar-refractivity contribution in [2.24, 2.45) is 0 Å². The molecule has 0 fully saturated rings. The molecule has 0 spiro atoms. The summed E-state index contributed by atoms with van der Waals surface area (Å²) < 4.78 is 43.3. The minimum atomic E-state index is -1.36. The number of ether oxygens (including phenoxy) is 1. The number of halogens is 3. The zero-order valence-electron chi connectivity index (χ0n) is 8.68. The summed E-state index contributed by atoms with van der Waals surface area (Å²) in [4.78, 5) is 11.3. The number of hydrogen-bond donors (Lipinski definition) is 1. The normalized spacial score (nSPS) is 12.3. The number of benzene rings is 1. The van der Waals surface area contributed by atoms with E-state index in [2.05, 4.69) is 4.74 Å². The zero-order chi connectivity index (χ0) is 12.3. The molecule has 0 bridgehead atoms. The third kappa shape index (κ3) is 2.73. The lowest BCUT2D eigenvalue weighted by Gasteiger charge is -2.11. The largest absolute Gasteiger partial charge is 0.372 e. The molecular formula is C10H10F3NO2. The van der Waals surface area contributed by atoms with E-state index in [1.54, 1.807) is 0 Å². The first kappa shape index (κ1) is 12.5. The molecule has 1 amide bonds. The Kier molecular flexibility index (Phi) is 3.89. The number of carbonyl (C=O) groups excluding carboxylic acids is 1. The van der Waals surface area contributed by atoms with Gasteiger partial charge < -0.3 is 10.1 Å². The lowest BCUT2D eigenvalue weighted by molar-refractivity contribution is -0.124. The molecule has 1 aromatic carbocycles. The smallest absolute Gasteiger partial charge is 0.253 e. The summed E-state index contributed by atoms with van der Waals surface area (Å²) in [6.45, 7) is 1.42. The summed E-state index contributed by atoms with van der Waals surface area (Å²) in [6, 6.07) is 1.09. The van der Waals surface area contributed by atoms with Crippen molar-refractivity contribution in [3.8, 4) is 0 Å². The van der Waals surface area contributed by atoms with Gasteiger partial charge in [-0.3, -0.25) is 4.79 Å². The highest BCUT2D eigenvalue weighted by Crippen LogP contribution is 2.19. The third-order valence-corrected chi connectivity index (χ3v) is 1.97. The first-order valence-corrected chi connectivity index (χ1v) is 4.44. The highest BCUT2D eigenvalue weighted by molar-refractivity contribution is 5.94. The number of rotatable bonds is 3. The summed E-state index contributed by atoms with van der Waals surface area (Å²) in [7, 11) is 1.28. The van der Waals surface area contributed by atoms with E-state index in [0.29, 0.717) is 12.1 Å². The van der Waals surface area contributed by atoms with Crippen molar-refractivity contribution in [1.29, 1.82) is 0 Å². The van der Waals surface area contributed by atoms with Gasteiger partial charge in [0.25, 0.3) is 5.91 Å². The van der Waals surface area contributed by atoms with E-state index in [0.717, 1.165) is 0 Å². The fourth-order valence-electron chi connectivity index (χ4n) is 0.988. The Balaban J connectivity index is 2.93. The topological polar surface area (TPSA) is 38.3 Å². The molecule has 16 heavy (non-hydrogen) atoms. The van der Waals surface area contributed by atoms with Crippen LogP contribution in [-0.2, 0) is 9.53 Å². The molecule has 0 saturated carbocycles. The van der Waals surface area contributed by atoms with E-state index in [4.69, 9.17) is 0 Å². The lowest BCUT2D eigenvalue weighted by atomic mass is 10.2. The summed E-state index contributed by atoms with van der Waals surface area (Å²) in [5, 5.41) is 2.02. The number of amides is 1. The molecule has 0 aliphatic heterocycles. The Bertz CT molecular complexity index is 409. The van der Waals surface area contributed by atoms with Crippen LogP contribution in [0.1, 0.15) is 6.92 Å². The van der Waals surface area contributed by atoms with Crippen molar-refractivity contribution in [3.05, 3.63) is 29.6 Å². The Labute approximate surface area is 90.2 Å². The van der Waals surface area contributed by atoms with Crippen molar-refractivity contribution in [1.82, 2.24) is 0 Å². The van der Waals surface area contributed by atoms with Crippen LogP contribution in [0.5, 0.6) is 0 Å². The van der Waals surface area contributed by atoms with E-state index < -0.39 is 35.2 Å². The van der Waals surface area contributed by atoms with Crippen LogP contribution in [0, 0.1) is 17.5 Å². The van der Waals surface area contributed by atoms with Crippen LogP contribution < -0.4 is 5.32 Å². The van der Waals surface area contributed by atoms with Gasteiger partial charge in [0.05, 0.1) is 5.69 Å². The molecule has 0 aliphatic rings. The SMILES string of the molecule is COC(C)C(=O)Nc1cc(F)cc(F)c1F. The third-order valence-electron chi connectivity index (χ3n) is 1.97. The monoisotopic (exact) mass is 233 g/mol. The lowest BCUT2D eigenvalue weighted by Crippen LogP contribution is -2.27. The van der Waals surface area contributed by atoms with Crippen molar-refractivity contribution in [2.75, 3.05) is 12.4 Å². The van der Waals surface area contributed by atoms with Gasteiger partial charge >= 0.3 is 0 Å². The Morgan fingerprint density at radius 2 is 2.00 bits per heavy atom.